The lowest BCUT2D eigenvalue weighted by molar-refractivity contribution is -0.0779. The fourth-order valence-corrected chi connectivity index (χ4v) is 2.85. The molecule has 0 bridgehead atoms. The van der Waals surface area contributed by atoms with E-state index in [2.05, 4.69) is 19.2 Å². The Hall–Kier alpha value is -0.120. The smallest absolute Gasteiger partial charge is 0.0666 e. The van der Waals surface area contributed by atoms with Crippen molar-refractivity contribution in [3.63, 3.8) is 0 Å². The summed E-state index contributed by atoms with van der Waals surface area (Å²) in [7, 11) is 0. The van der Waals surface area contributed by atoms with E-state index >= 15 is 0 Å². The van der Waals surface area contributed by atoms with Gasteiger partial charge in [0.05, 0.1) is 5.60 Å². The summed E-state index contributed by atoms with van der Waals surface area (Å²) >= 11 is 0. The Balaban J connectivity index is 1.64. The maximum Gasteiger partial charge on any atom is 0.0666 e. The van der Waals surface area contributed by atoms with E-state index in [1.165, 1.54) is 12.8 Å². The second kappa shape index (κ2) is 6.17. The van der Waals surface area contributed by atoms with E-state index in [9.17, 15) is 0 Å². The van der Waals surface area contributed by atoms with Crippen LogP contribution in [0.3, 0.4) is 0 Å². The van der Waals surface area contributed by atoms with Crippen LogP contribution in [-0.2, 0) is 9.47 Å². The van der Waals surface area contributed by atoms with E-state index in [4.69, 9.17) is 9.47 Å². The monoisotopic (exact) mass is 241 g/mol. The minimum atomic E-state index is 0.104. The molecule has 0 aromatic heterocycles. The number of hydrogen-bond donors (Lipinski definition) is 1. The highest BCUT2D eigenvalue weighted by Crippen LogP contribution is 2.27. The average Bonchev–Trinajstić information content (AvgIpc) is 2.82. The van der Waals surface area contributed by atoms with Gasteiger partial charge in [-0.3, -0.25) is 0 Å². The third-order valence-electron chi connectivity index (χ3n) is 4.35. The highest BCUT2D eigenvalue weighted by molar-refractivity contribution is 4.85. The molecule has 1 N–H and O–H groups in total. The van der Waals surface area contributed by atoms with Crippen molar-refractivity contribution >= 4 is 0 Å². The predicted octanol–water partition coefficient (Wildman–Crippen LogP) is 2.35. The molecule has 0 spiro atoms. The summed E-state index contributed by atoms with van der Waals surface area (Å²) in [6, 6.07) is 0.649. The Labute approximate surface area is 105 Å². The first-order valence-corrected chi connectivity index (χ1v) is 7.17. The molecule has 0 aliphatic carbocycles. The van der Waals surface area contributed by atoms with Crippen LogP contribution in [0.4, 0.5) is 0 Å². The Kier molecular flexibility index (Phi) is 4.83. The molecule has 2 heterocycles. The van der Waals surface area contributed by atoms with Gasteiger partial charge in [0.1, 0.15) is 0 Å². The molecule has 2 saturated heterocycles. The first-order valence-electron chi connectivity index (χ1n) is 7.17. The van der Waals surface area contributed by atoms with Gasteiger partial charge in [0.2, 0.25) is 0 Å². The Morgan fingerprint density at radius 2 is 2.18 bits per heavy atom. The summed E-state index contributed by atoms with van der Waals surface area (Å²) < 4.78 is 11.3. The van der Waals surface area contributed by atoms with Crippen molar-refractivity contribution in [3.8, 4) is 0 Å². The van der Waals surface area contributed by atoms with Gasteiger partial charge >= 0.3 is 0 Å². The first-order chi connectivity index (χ1) is 8.22. The zero-order valence-electron chi connectivity index (χ0n) is 11.3. The summed E-state index contributed by atoms with van der Waals surface area (Å²) in [4.78, 5) is 0. The standard InChI is InChI=1S/C14H27NO2/c1-3-14(2)10-13(6-9-17-14)15-7-4-12-5-8-16-11-12/h12-13,15H,3-11H2,1-2H3. The zero-order chi connectivity index (χ0) is 12.1. The van der Waals surface area contributed by atoms with Crippen LogP contribution in [0.1, 0.15) is 46.0 Å². The van der Waals surface area contributed by atoms with Crippen LogP contribution in [-0.4, -0.2) is 38.0 Å². The SMILES string of the molecule is CCC1(C)CC(NCCC2CCOC2)CCO1. The van der Waals surface area contributed by atoms with Crippen LogP contribution < -0.4 is 5.32 Å². The van der Waals surface area contributed by atoms with Gasteiger partial charge in [0.15, 0.2) is 0 Å². The highest BCUT2D eigenvalue weighted by atomic mass is 16.5. The summed E-state index contributed by atoms with van der Waals surface area (Å²) in [5, 5.41) is 3.70. The lowest BCUT2D eigenvalue weighted by Gasteiger charge is -2.38. The van der Waals surface area contributed by atoms with Crippen molar-refractivity contribution in [1.29, 1.82) is 0 Å². The molecule has 0 radical (unpaired) electrons. The third-order valence-corrected chi connectivity index (χ3v) is 4.35. The molecular weight excluding hydrogens is 214 g/mol. The normalized spacial score (nSPS) is 38.5. The second-order valence-corrected chi connectivity index (χ2v) is 5.81. The molecule has 0 aromatic rings. The largest absolute Gasteiger partial charge is 0.381 e. The molecule has 2 rings (SSSR count). The van der Waals surface area contributed by atoms with Crippen LogP contribution in [0.5, 0.6) is 0 Å². The van der Waals surface area contributed by atoms with Crippen molar-refractivity contribution in [3.05, 3.63) is 0 Å². The lowest BCUT2D eigenvalue weighted by atomic mass is 9.90. The van der Waals surface area contributed by atoms with Gasteiger partial charge in [-0.25, -0.2) is 0 Å². The molecule has 3 atom stereocenters. The minimum Gasteiger partial charge on any atom is -0.381 e. The van der Waals surface area contributed by atoms with Gasteiger partial charge in [0, 0.05) is 25.9 Å². The highest BCUT2D eigenvalue weighted by Gasteiger charge is 2.31. The summed E-state index contributed by atoms with van der Waals surface area (Å²) in [6.07, 6.45) is 5.95. The molecule has 3 nitrogen and oxygen atoms in total. The maximum absolute atomic E-state index is 5.86. The lowest BCUT2D eigenvalue weighted by Crippen LogP contribution is -2.45. The number of hydrogen-bond acceptors (Lipinski definition) is 3. The second-order valence-electron chi connectivity index (χ2n) is 5.81. The number of ether oxygens (including phenoxy) is 2. The van der Waals surface area contributed by atoms with Crippen LogP contribution >= 0.6 is 0 Å². The Morgan fingerprint density at radius 1 is 1.29 bits per heavy atom. The molecule has 2 aliphatic rings. The van der Waals surface area contributed by atoms with Crippen molar-refractivity contribution in [2.24, 2.45) is 5.92 Å². The molecule has 0 saturated carbocycles. The van der Waals surface area contributed by atoms with E-state index in [0.717, 1.165) is 51.5 Å². The number of nitrogens with one attached hydrogen (secondary N) is 1. The summed E-state index contributed by atoms with van der Waals surface area (Å²) in [5.74, 6) is 0.792. The zero-order valence-corrected chi connectivity index (χ0v) is 11.3. The van der Waals surface area contributed by atoms with E-state index in [0.29, 0.717) is 6.04 Å². The number of rotatable bonds is 5. The quantitative estimate of drug-likeness (QED) is 0.801. The van der Waals surface area contributed by atoms with Crippen molar-refractivity contribution in [2.45, 2.75) is 57.6 Å². The van der Waals surface area contributed by atoms with Gasteiger partial charge in [0.25, 0.3) is 0 Å². The van der Waals surface area contributed by atoms with Crippen molar-refractivity contribution in [1.82, 2.24) is 5.32 Å². The van der Waals surface area contributed by atoms with Crippen molar-refractivity contribution in [2.75, 3.05) is 26.4 Å². The fourth-order valence-electron chi connectivity index (χ4n) is 2.85. The minimum absolute atomic E-state index is 0.104. The van der Waals surface area contributed by atoms with E-state index in [1.807, 2.05) is 0 Å². The summed E-state index contributed by atoms with van der Waals surface area (Å²) in [6.45, 7) is 8.45. The first kappa shape index (κ1) is 13.3. The van der Waals surface area contributed by atoms with Crippen LogP contribution in [0.2, 0.25) is 0 Å². The maximum atomic E-state index is 5.86. The third kappa shape index (κ3) is 3.94. The molecule has 2 fully saturated rings. The molecule has 100 valence electrons. The van der Waals surface area contributed by atoms with Crippen LogP contribution in [0.25, 0.3) is 0 Å². The van der Waals surface area contributed by atoms with E-state index in [-0.39, 0.29) is 5.60 Å². The Bertz CT molecular complexity index is 228. The summed E-state index contributed by atoms with van der Waals surface area (Å²) in [5.41, 5.74) is 0.104. The average molecular weight is 241 g/mol. The van der Waals surface area contributed by atoms with E-state index < -0.39 is 0 Å². The van der Waals surface area contributed by atoms with Gasteiger partial charge in [-0.2, -0.15) is 0 Å². The molecule has 17 heavy (non-hydrogen) atoms. The van der Waals surface area contributed by atoms with Crippen LogP contribution in [0.15, 0.2) is 0 Å². The van der Waals surface area contributed by atoms with E-state index in [1.54, 1.807) is 0 Å². The molecule has 2 aliphatic heterocycles. The van der Waals surface area contributed by atoms with Gasteiger partial charge in [-0.1, -0.05) is 6.92 Å². The molecule has 3 heteroatoms. The van der Waals surface area contributed by atoms with Gasteiger partial charge in [-0.15, -0.1) is 0 Å². The fraction of sp³-hybridized carbons (Fsp3) is 1.00. The van der Waals surface area contributed by atoms with Crippen LogP contribution in [0, 0.1) is 5.92 Å². The Morgan fingerprint density at radius 3 is 2.88 bits per heavy atom. The topological polar surface area (TPSA) is 30.5 Å². The molecular formula is C14H27NO2. The predicted molar refractivity (Wildman–Crippen MR) is 69.2 cm³/mol. The molecule has 0 aromatic carbocycles. The molecule has 0 amide bonds. The molecule has 3 unspecified atom stereocenters. The van der Waals surface area contributed by atoms with Gasteiger partial charge < -0.3 is 14.8 Å². The van der Waals surface area contributed by atoms with Gasteiger partial charge in [-0.05, 0) is 51.5 Å². The van der Waals surface area contributed by atoms with Crippen molar-refractivity contribution < 1.29 is 9.47 Å².